The third-order valence-corrected chi connectivity index (χ3v) is 6.31. The molecule has 1 aromatic rings. The van der Waals surface area contributed by atoms with E-state index in [1.165, 1.54) is 0 Å². The van der Waals surface area contributed by atoms with E-state index in [9.17, 15) is 4.79 Å². The molecule has 2 amide bonds. The second-order valence-electron chi connectivity index (χ2n) is 8.52. The maximum absolute atomic E-state index is 12.5. The highest BCUT2D eigenvalue weighted by molar-refractivity contribution is 5.74. The maximum Gasteiger partial charge on any atom is 0.317 e. The number of piperazine rings is 2. The monoisotopic (exact) mass is 433 g/mol. The van der Waals surface area contributed by atoms with Gasteiger partial charge < -0.3 is 29.5 Å². The zero-order chi connectivity index (χ0) is 22.1. The zero-order valence-electron chi connectivity index (χ0n) is 19.4. The number of methoxy groups -OCH3 is 2. The minimum absolute atomic E-state index is 0.0678. The van der Waals surface area contributed by atoms with Crippen molar-refractivity contribution in [2.75, 3.05) is 86.7 Å². The first-order chi connectivity index (χ1) is 15.1. The number of ether oxygens (including phenoxy) is 2. The number of carbonyl (C=O) groups excluding carboxylic acids is 1. The summed E-state index contributed by atoms with van der Waals surface area (Å²) in [6, 6.07) is 5.95. The average molecular weight is 434 g/mol. The molecule has 1 N–H and O–H groups in total. The highest BCUT2D eigenvalue weighted by Gasteiger charge is 2.22. The van der Waals surface area contributed by atoms with Gasteiger partial charge >= 0.3 is 6.03 Å². The molecule has 0 atom stereocenters. The highest BCUT2D eigenvalue weighted by atomic mass is 16.5. The molecule has 0 saturated carbocycles. The molecule has 0 aromatic heterocycles. The molecule has 8 heteroatoms. The summed E-state index contributed by atoms with van der Waals surface area (Å²) in [5, 5.41) is 3.10. The lowest BCUT2D eigenvalue weighted by molar-refractivity contribution is 0.134. The first-order valence-corrected chi connectivity index (χ1v) is 11.5. The molecular weight excluding hydrogens is 394 g/mol. The van der Waals surface area contributed by atoms with E-state index in [1.807, 2.05) is 23.1 Å². The lowest BCUT2D eigenvalue weighted by Gasteiger charge is -2.35. The van der Waals surface area contributed by atoms with Crippen LogP contribution >= 0.6 is 0 Å². The Labute approximate surface area is 187 Å². The summed E-state index contributed by atoms with van der Waals surface area (Å²) in [4.78, 5) is 21.7. The normalized spacial score (nSPS) is 18.7. The third-order valence-electron chi connectivity index (χ3n) is 6.31. The van der Waals surface area contributed by atoms with Crippen LogP contribution in [0.15, 0.2) is 18.2 Å². The van der Waals surface area contributed by atoms with Gasteiger partial charge in [0.2, 0.25) is 0 Å². The predicted molar refractivity (Wildman–Crippen MR) is 123 cm³/mol. The molecule has 0 bridgehead atoms. The summed E-state index contributed by atoms with van der Waals surface area (Å²) in [6.07, 6.45) is 2.17. The number of nitrogens with one attached hydrogen (secondary N) is 1. The number of amides is 2. The third kappa shape index (κ3) is 7.26. The lowest BCUT2D eigenvalue weighted by atomic mass is 10.1. The largest absolute Gasteiger partial charge is 0.497 e. The van der Waals surface area contributed by atoms with E-state index in [1.54, 1.807) is 14.2 Å². The number of rotatable bonds is 9. The van der Waals surface area contributed by atoms with Gasteiger partial charge in [-0.2, -0.15) is 0 Å². The molecule has 31 heavy (non-hydrogen) atoms. The quantitative estimate of drug-likeness (QED) is 0.597. The van der Waals surface area contributed by atoms with E-state index < -0.39 is 0 Å². The number of likely N-dealkylation sites (N-methyl/N-ethyl adjacent to an activating group) is 1. The molecule has 1 aromatic carbocycles. The summed E-state index contributed by atoms with van der Waals surface area (Å²) >= 11 is 0. The zero-order valence-corrected chi connectivity index (χ0v) is 19.4. The summed E-state index contributed by atoms with van der Waals surface area (Å²) in [6.45, 7) is 10.5. The molecular formula is C23H39N5O3. The molecule has 0 radical (unpaired) electrons. The molecule has 2 aliphatic rings. The van der Waals surface area contributed by atoms with Gasteiger partial charge in [-0.05, 0) is 44.6 Å². The second kappa shape index (κ2) is 12.1. The maximum atomic E-state index is 12.5. The number of nitrogens with zero attached hydrogens (tertiary/aromatic N) is 4. The number of carbonyl (C=O) groups is 1. The number of hydrogen-bond donors (Lipinski definition) is 1. The van der Waals surface area contributed by atoms with Gasteiger partial charge in [-0.3, -0.25) is 4.90 Å². The van der Waals surface area contributed by atoms with Crippen molar-refractivity contribution in [2.45, 2.75) is 19.4 Å². The van der Waals surface area contributed by atoms with Crippen molar-refractivity contribution in [2.24, 2.45) is 0 Å². The van der Waals surface area contributed by atoms with E-state index in [4.69, 9.17) is 9.47 Å². The van der Waals surface area contributed by atoms with E-state index in [0.29, 0.717) is 0 Å². The Bertz CT molecular complexity index is 686. The summed E-state index contributed by atoms with van der Waals surface area (Å²) < 4.78 is 10.8. The van der Waals surface area contributed by atoms with Crippen LogP contribution in [0.25, 0.3) is 0 Å². The van der Waals surface area contributed by atoms with Crippen LogP contribution < -0.4 is 14.8 Å². The van der Waals surface area contributed by atoms with Crippen molar-refractivity contribution < 1.29 is 14.3 Å². The minimum atomic E-state index is 0.0678. The molecule has 2 heterocycles. The van der Waals surface area contributed by atoms with Crippen LogP contribution in [0.1, 0.15) is 18.4 Å². The molecule has 3 rings (SSSR count). The van der Waals surface area contributed by atoms with Crippen LogP contribution in [-0.2, 0) is 6.54 Å². The van der Waals surface area contributed by atoms with E-state index in [2.05, 4.69) is 27.1 Å². The fourth-order valence-corrected chi connectivity index (χ4v) is 4.19. The molecule has 174 valence electrons. The molecule has 2 aliphatic heterocycles. The number of hydrogen-bond acceptors (Lipinski definition) is 6. The van der Waals surface area contributed by atoms with Crippen LogP contribution in [-0.4, -0.2) is 112 Å². The summed E-state index contributed by atoms with van der Waals surface area (Å²) in [5.74, 6) is 1.71. The van der Waals surface area contributed by atoms with E-state index in [-0.39, 0.29) is 6.03 Å². The Balaban J connectivity index is 1.32. The number of unbranched alkanes of at least 4 members (excludes halogenated alkanes) is 1. The van der Waals surface area contributed by atoms with Gasteiger partial charge in [-0.15, -0.1) is 0 Å². The SMILES string of the molecule is COc1ccc(OC)c(CN2CCN(C(=O)NCCCCN3CCN(C)CC3)CC2)c1. The smallest absolute Gasteiger partial charge is 0.317 e. The van der Waals surface area contributed by atoms with Crippen molar-refractivity contribution in [3.05, 3.63) is 23.8 Å². The van der Waals surface area contributed by atoms with Gasteiger partial charge in [0.25, 0.3) is 0 Å². The molecule has 0 spiro atoms. The summed E-state index contributed by atoms with van der Waals surface area (Å²) in [7, 11) is 5.55. The van der Waals surface area contributed by atoms with Crippen LogP contribution in [0.3, 0.4) is 0 Å². The van der Waals surface area contributed by atoms with Gasteiger partial charge in [0.05, 0.1) is 14.2 Å². The fraction of sp³-hybridized carbons (Fsp3) is 0.696. The number of benzene rings is 1. The molecule has 2 saturated heterocycles. The Hall–Kier alpha value is -2.03. The van der Waals surface area contributed by atoms with Gasteiger partial charge in [0, 0.05) is 71.0 Å². The molecule has 0 unspecified atom stereocenters. The van der Waals surface area contributed by atoms with Crippen molar-refractivity contribution in [1.82, 2.24) is 24.9 Å². The van der Waals surface area contributed by atoms with Crippen molar-refractivity contribution >= 4 is 6.03 Å². The highest BCUT2D eigenvalue weighted by Crippen LogP contribution is 2.25. The van der Waals surface area contributed by atoms with Gasteiger partial charge in [-0.25, -0.2) is 4.79 Å². The van der Waals surface area contributed by atoms with Crippen molar-refractivity contribution in [1.29, 1.82) is 0 Å². The van der Waals surface area contributed by atoms with Crippen LogP contribution in [0.5, 0.6) is 11.5 Å². The first-order valence-electron chi connectivity index (χ1n) is 11.5. The standard InChI is InChI=1S/C23H39N5O3/c1-25-10-12-26(13-11-25)9-5-4-8-24-23(29)28-16-14-27(15-17-28)19-20-18-21(30-2)6-7-22(20)31-3/h6-7,18H,4-5,8-17,19H2,1-3H3,(H,24,29). The molecule has 0 aliphatic carbocycles. The minimum Gasteiger partial charge on any atom is -0.497 e. The molecule has 2 fully saturated rings. The lowest BCUT2D eigenvalue weighted by Crippen LogP contribution is -2.51. The van der Waals surface area contributed by atoms with Gasteiger partial charge in [0.1, 0.15) is 11.5 Å². The summed E-state index contributed by atoms with van der Waals surface area (Å²) in [5.41, 5.74) is 1.11. The topological polar surface area (TPSA) is 60.5 Å². The van der Waals surface area contributed by atoms with Crippen molar-refractivity contribution in [3.63, 3.8) is 0 Å². The van der Waals surface area contributed by atoms with E-state index >= 15 is 0 Å². The predicted octanol–water partition coefficient (Wildman–Crippen LogP) is 1.56. The number of urea groups is 1. The second-order valence-corrected chi connectivity index (χ2v) is 8.52. The first kappa shape index (κ1) is 23.6. The van der Waals surface area contributed by atoms with Gasteiger partial charge in [-0.1, -0.05) is 0 Å². The fourth-order valence-electron chi connectivity index (χ4n) is 4.19. The Morgan fingerprint density at radius 1 is 0.935 bits per heavy atom. The van der Waals surface area contributed by atoms with Crippen LogP contribution in [0.4, 0.5) is 4.79 Å². The Morgan fingerprint density at radius 3 is 2.32 bits per heavy atom. The average Bonchev–Trinajstić information content (AvgIpc) is 2.80. The van der Waals surface area contributed by atoms with E-state index in [0.717, 1.165) is 102 Å². The van der Waals surface area contributed by atoms with Gasteiger partial charge in [0.15, 0.2) is 0 Å². The van der Waals surface area contributed by atoms with Crippen LogP contribution in [0, 0.1) is 0 Å². The Morgan fingerprint density at radius 2 is 1.65 bits per heavy atom. The van der Waals surface area contributed by atoms with Crippen molar-refractivity contribution in [3.8, 4) is 11.5 Å². The molecule has 8 nitrogen and oxygen atoms in total. The van der Waals surface area contributed by atoms with Crippen LogP contribution in [0.2, 0.25) is 0 Å². The Kier molecular flexibility index (Phi) is 9.24.